The van der Waals surface area contributed by atoms with Gasteiger partial charge in [0.25, 0.3) is 0 Å². The molecule has 0 aliphatic heterocycles. The predicted molar refractivity (Wildman–Crippen MR) is 108 cm³/mol. The number of hydrogen-bond donors (Lipinski definition) is 2. The summed E-state index contributed by atoms with van der Waals surface area (Å²) in [4.78, 5) is 23.7. The van der Waals surface area contributed by atoms with Gasteiger partial charge in [0, 0.05) is 11.1 Å². The van der Waals surface area contributed by atoms with Crippen molar-refractivity contribution in [1.82, 2.24) is 10.6 Å². The molecule has 0 fully saturated rings. The molecule has 4 nitrogen and oxygen atoms in total. The zero-order valence-corrected chi connectivity index (χ0v) is 16.4. The lowest BCUT2D eigenvalue weighted by molar-refractivity contribution is -0.125. The Balaban J connectivity index is 1.98. The summed E-state index contributed by atoms with van der Waals surface area (Å²) in [6.45, 7) is 3.76. The van der Waals surface area contributed by atoms with Gasteiger partial charge in [0.2, 0.25) is 11.8 Å². The smallest absolute Gasteiger partial charge is 0.239 e. The fraction of sp³-hybridized carbons (Fsp3) is 0.300. The van der Waals surface area contributed by atoms with Crippen LogP contribution in [0.5, 0.6) is 0 Å². The first kappa shape index (κ1) is 20.3. The van der Waals surface area contributed by atoms with Gasteiger partial charge in [-0.05, 0) is 37.1 Å². The van der Waals surface area contributed by atoms with E-state index in [-0.39, 0.29) is 35.4 Å². The first-order valence-corrected chi connectivity index (χ1v) is 9.86. The van der Waals surface area contributed by atoms with Gasteiger partial charge in [-0.1, -0.05) is 54.1 Å². The molecule has 138 valence electrons. The van der Waals surface area contributed by atoms with Crippen molar-refractivity contribution >= 4 is 35.2 Å². The fourth-order valence-electron chi connectivity index (χ4n) is 2.41. The van der Waals surface area contributed by atoms with E-state index in [1.165, 1.54) is 11.8 Å². The van der Waals surface area contributed by atoms with E-state index >= 15 is 0 Å². The van der Waals surface area contributed by atoms with Gasteiger partial charge in [-0.15, -0.1) is 11.8 Å². The van der Waals surface area contributed by atoms with Gasteiger partial charge in [0.05, 0.1) is 17.5 Å². The minimum Gasteiger partial charge on any atom is -0.352 e. The number of benzene rings is 2. The summed E-state index contributed by atoms with van der Waals surface area (Å²) < 4.78 is 0. The van der Waals surface area contributed by atoms with Crippen molar-refractivity contribution in [2.24, 2.45) is 0 Å². The summed E-state index contributed by atoms with van der Waals surface area (Å²) in [7, 11) is 0. The van der Waals surface area contributed by atoms with Crippen molar-refractivity contribution < 1.29 is 9.59 Å². The van der Waals surface area contributed by atoms with Gasteiger partial charge in [0.15, 0.2) is 0 Å². The van der Waals surface area contributed by atoms with Crippen molar-refractivity contribution in [2.75, 3.05) is 12.3 Å². The molecule has 0 unspecified atom stereocenters. The van der Waals surface area contributed by atoms with Gasteiger partial charge in [0.1, 0.15) is 0 Å². The van der Waals surface area contributed by atoms with Crippen LogP contribution in [0.25, 0.3) is 0 Å². The summed E-state index contributed by atoms with van der Waals surface area (Å²) in [6, 6.07) is 17.7. The molecule has 2 rings (SSSR count). The molecule has 0 saturated heterocycles. The van der Waals surface area contributed by atoms with Crippen molar-refractivity contribution in [3.05, 3.63) is 70.7 Å². The number of carbonyl (C=O) groups is 2. The molecule has 0 heterocycles. The minimum atomic E-state index is -0.185. The van der Waals surface area contributed by atoms with Gasteiger partial charge in [-0.2, -0.15) is 0 Å². The maximum absolute atomic E-state index is 12.1. The molecule has 2 aromatic rings. The highest BCUT2D eigenvalue weighted by atomic mass is 35.5. The third-order valence-electron chi connectivity index (χ3n) is 3.55. The Labute approximate surface area is 163 Å². The Hall–Kier alpha value is -1.98. The normalized spacial score (nSPS) is 11.8. The number of rotatable bonds is 8. The second kappa shape index (κ2) is 10.2. The minimum absolute atomic E-state index is 0.00543. The Bertz CT molecular complexity index is 720. The third-order valence-corrected chi connectivity index (χ3v) is 5.11. The van der Waals surface area contributed by atoms with E-state index in [1.807, 2.05) is 68.4 Å². The molecule has 2 aromatic carbocycles. The zero-order valence-electron chi connectivity index (χ0n) is 14.9. The molecule has 0 aliphatic carbocycles. The molecule has 0 spiro atoms. The molecule has 0 aliphatic rings. The van der Waals surface area contributed by atoms with Crippen LogP contribution in [0.2, 0.25) is 5.02 Å². The Morgan fingerprint density at radius 1 is 0.962 bits per heavy atom. The highest BCUT2D eigenvalue weighted by Crippen LogP contribution is 2.35. The number of amides is 2. The van der Waals surface area contributed by atoms with E-state index in [0.29, 0.717) is 5.02 Å². The van der Waals surface area contributed by atoms with Crippen LogP contribution in [0.4, 0.5) is 0 Å². The van der Waals surface area contributed by atoms with E-state index in [4.69, 9.17) is 11.6 Å². The number of halogens is 1. The molecular weight excluding hydrogens is 368 g/mol. The monoisotopic (exact) mass is 390 g/mol. The van der Waals surface area contributed by atoms with Crippen LogP contribution in [-0.4, -0.2) is 30.2 Å². The lowest BCUT2D eigenvalue weighted by Gasteiger charge is -2.18. The van der Waals surface area contributed by atoms with Gasteiger partial charge in [-0.3, -0.25) is 9.59 Å². The maximum atomic E-state index is 12.1. The lowest BCUT2D eigenvalue weighted by Crippen LogP contribution is -2.40. The summed E-state index contributed by atoms with van der Waals surface area (Å²) in [6.07, 6.45) is 0. The Morgan fingerprint density at radius 2 is 1.58 bits per heavy atom. The van der Waals surface area contributed by atoms with Crippen molar-refractivity contribution in [3.63, 3.8) is 0 Å². The van der Waals surface area contributed by atoms with E-state index in [2.05, 4.69) is 10.6 Å². The van der Waals surface area contributed by atoms with Crippen LogP contribution < -0.4 is 10.6 Å². The third kappa shape index (κ3) is 6.73. The summed E-state index contributed by atoms with van der Waals surface area (Å²) in [5, 5.41) is 6.11. The summed E-state index contributed by atoms with van der Waals surface area (Å²) >= 11 is 7.51. The average molecular weight is 391 g/mol. The standard InChI is InChI=1S/C20H23ClN2O2S/c1-14(2)23-18(24)12-22-19(25)13-26-20(15-6-4-3-5-7-15)16-8-10-17(21)11-9-16/h3-11,14,20H,12-13H2,1-2H3,(H,22,25)(H,23,24)/t20-/m1/s1. The predicted octanol–water partition coefficient (Wildman–Crippen LogP) is 3.80. The highest BCUT2D eigenvalue weighted by Gasteiger charge is 2.17. The molecule has 2 amide bonds. The fourth-order valence-corrected chi connectivity index (χ4v) is 3.66. The Kier molecular flexibility index (Phi) is 8.01. The molecule has 0 bridgehead atoms. The molecule has 0 radical (unpaired) electrons. The largest absolute Gasteiger partial charge is 0.352 e. The molecule has 1 atom stereocenters. The number of carbonyl (C=O) groups excluding carboxylic acids is 2. The molecule has 6 heteroatoms. The van der Waals surface area contributed by atoms with Crippen molar-refractivity contribution in [2.45, 2.75) is 25.1 Å². The van der Waals surface area contributed by atoms with Crippen LogP contribution in [-0.2, 0) is 9.59 Å². The number of nitrogens with one attached hydrogen (secondary N) is 2. The quantitative estimate of drug-likeness (QED) is 0.720. The first-order valence-electron chi connectivity index (χ1n) is 8.44. The summed E-state index contributed by atoms with van der Waals surface area (Å²) in [5.74, 6) is -0.0867. The molecule has 26 heavy (non-hydrogen) atoms. The first-order chi connectivity index (χ1) is 12.5. The van der Waals surface area contributed by atoms with Crippen molar-refractivity contribution in [1.29, 1.82) is 0 Å². The van der Waals surface area contributed by atoms with Crippen LogP contribution in [0.3, 0.4) is 0 Å². The number of hydrogen-bond acceptors (Lipinski definition) is 3. The van der Waals surface area contributed by atoms with Crippen LogP contribution >= 0.6 is 23.4 Å². The van der Waals surface area contributed by atoms with E-state index < -0.39 is 0 Å². The molecule has 2 N–H and O–H groups in total. The van der Waals surface area contributed by atoms with E-state index in [0.717, 1.165) is 11.1 Å². The Morgan fingerprint density at radius 3 is 2.19 bits per heavy atom. The van der Waals surface area contributed by atoms with Gasteiger partial charge >= 0.3 is 0 Å². The maximum Gasteiger partial charge on any atom is 0.239 e. The van der Waals surface area contributed by atoms with Gasteiger partial charge < -0.3 is 10.6 Å². The SMILES string of the molecule is CC(C)NC(=O)CNC(=O)CS[C@H](c1ccccc1)c1ccc(Cl)cc1. The van der Waals surface area contributed by atoms with Crippen LogP contribution in [0, 0.1) is 0 Å². The summed E-state index contributed by atoms with van der Waals surface area (Å²) in [5.41, 5.74) is 2.20. The molecular formula is C20H23ClN2O2S. The van der Waals surface area contributed by atoms with E-state index in [9.17, 15) is 9.59 Å². The zero-order chi connectivity index (χ0) is 18.9. The topological polar surface area (TPSA) is 58.2 Å². The van der Waals surface area contributed by atoms with Crippen LogP contribution in [0.15, 0.2) is 54.6 Å². The number of thioether (sulfide) groups is 1. The highest BCUT2D eigenvalue weighted by molar-refractivity contribution is 8.00. The second-order valence-corrected chi connectivity index (χ2v) is 7.68. The van der Waals surface area contributed by atoms with E-state index in [1.54, 1.807) is 0 Å². The molecule has 0 aromatic heterocycles. The second-order valence-electron chi connectivity index (χ2n) is 6.15. The average Bonchev–Trinajstić information content (AvgIpc) is 2.62. The van der Waals surface area contributed by atoms with Crippen LogP contribution in [0.1, 0.15) is 30.2 Å². The van der Waals surface area contributed by atoms with Crippen molar-refractivity contribution in [3.8, 4) is 0 Å². The molecule has 0 saturated carbocycles. The van der Waals surface area contributed by atoms with Gasteiger partial charge in [-0.25, -0.2) is 0 Å². The lowest BCUT2D eigenvalue weighted by atomic mass is 10.0.